The monoisotopic (exact) mass is 350 g/mol. The summed E-state index contributed by atoms with van der Waals surface area (Å²) in [5.74, 6) is 0. The molecule has 4 rings (SSSR count). The first-order chi connectivity index (χ1) is 13.2. The number of fused-ring (bicyclic) bond motifs is 1. The summed E-state index contributed by atoms with van der Waals surface area (Å²) in [4.78, 5) is 4.78. The van der Waals surface area contributed by atoms with Crippen molar-refractivity contribution in [3.63, 3.8) is 0 Å². The number of benzene rings is 4. The molecule has 0 atom stereocenters. The van der Waals surface area contributed by atoms with Crippen LogP contribution in [0.3, 0.4) is 0 Å². The topological polar surface area (TPSA) is 24.4 Å². The van der Waals surface area contributed by atoms with Gasteiger partial charge >= 0.3 is 0 Å². The second-order valence-electron chi connectivity index (χ2n) is 6.74. The molecule has 0 spiro atoms. The van der Waals surface area contributed by atoms with Gasteiger partial charge in [0.1, 0.15) is 0 Å². The predicted octanol–water partition coefficient (Wildman–Crippen LogP) is 6.95. The first kappa shape index (κ1) is 17.0. The van der Waals surface area contributed by atoms with E-state index in [2.05, 4.69) is 92.0 Å². The van der Waals surface area contributed by atoms with Crippen LogP contribution in [-0.2, 0) is 0 Å². The van der Waals surface area contributed by atoms with Crippen molar-refractivity contribution in [3.8, 4) is 0 Å². The molecule has 0 aromatic heterocycles. The molecule has 132 valence electrons. The maximum Gasteiger partial charge on any atom is 0.0688 e. The van der Waals surface area contributed by atoms with Crippen molar-refractivity contribution < 1.29 is 0 Å². The van der Waals surface area contributed by atoms with Crippen molar-refractivity contribution in [2.45, 2.75) is 13.8 Å². The van der Waals surface area contributed by atoms with Crippen molar-refractivity contribution in [2.24, 2.45) is 4.99 Å². The van der Waals surface area contributed by atoms with Crippen molar-refractivity contribution >= 4 is 34.0 Å². The van der Waals surface area contributed by atoms with Crippen LogP contribution in [0.15, 0.2) is 89.9 Å². The fourth-order valence-electron chi connectivity index (χ4n) is 3.35. The molecule has 0 heterocycles. The Balaban J connectivity index is 1.70. The van der Waals surface area contributed by atoms with E-state index >= 15 is 0 Å². The van der Waals surface area contributed by atoms with Gasteiger partial charge in [0.15, 0.2) is 0 Å². The number of hydrogen-bond acceptors (Lipinski definition) is 2. The van der Waals surface area contributed by atoms with Crippen LogP contribution in [0.25, 0.3) is 10.8 Å². The predicted molar refractivity (Wildman–Crippen MR) is 117 cm³/mol. The average molecular weight is 350 g/mol. The highest BCUT2D eigenvalue weighted by molar-refractivity contribution is 5.98. The summed E-state index contributed by atoms with van der Waals surface area (Å²) < 4.78 is 0. The molecule has 2 heteroatoms. The van der Waals surface area contributed by atoms with Crippen LogP contribution in [-0.4, -0.2) is 6.21 Å². The van der Waals surface area contributed by atoms with E-state index in [4.69, 9.17) is 4.99 Å². The SMILES string of the molecule is Cc1cccc(C)c1N=Cc1ccccc1Nc1cccc2ccccc12. The van der Waals surface area contributed by atoms with Crippen molar-refractivity contribution in [3.05, 3.63) is 102 Å². The normalized spacial score (nSPS) is 11.2. The number of aryl methyl sites for hydroxylation is 2. The lowest BCUT2D eigenvalue weighted by Gasteiger charge is -2.12. The van der Waals surface area contributed by atoms with Crippen molar-refractivity contribution in [2.75, 3.05) is 5.32 Å². The molecular weight excluding hydrogens is 328 g/mol. The lowest BCUT2D eigenvalue weighted by atomic mass is 10.1. The van der Waals surface area contributed by atoms with Gasteiger partial charge in [-0.1, -0.05) is 72.8 Å². The largest absolute Gasteiger partial charge is 0.354 e. The first-order valence-electron chi connectivity index (χ1n) is 9.16. The minimum atomic E-state index is 1.04. The highest BCUT2D eigenvalue weighted by Gasteiger charge is 2.05. The molecular formula is C25H22N2. The molecule has 4 aromatic carbocycles. The molecule has 0 radical (unpaired) electrons. The minimum Gasteiger partial charge on any atom is -0.354 e. The van der Waals surface area contributed by atoms with E-state index in [1.54, 1.807) is 0 Å². The van der Waals surface area contributed by atoms with E-state index in [0.717, 1.165) is 22.6 Å². The van der Waals surface area contributed by atoms with Crippen LogP contribution in [0.2, 0.25) is 0 Å². The van der Waals surface area contributed by atoms with Crippen LogP contribution < -0.4 is 5.32 Å². The van der Waals surface area contributed by atoms with Gasteiger partial charge in [0.05, 0.1) is 5.69 Å². The Labute approximate surface area is 160 Å². The molecule has 0 saturated heterocycles. The molecule has 0 amide bonds. The van der Waals surface area contributed by atoms with Gasteiger partial charge in [-0.15, -0.1) is 0 Å². The Bertz CT molecular complexity index is 1100. The Kier molecular flexibility index (Phi) is 4.71. The maximum absolute atomic E-state index is 4.78. The molecule has 0 saturated carbocycles. The quantitative estimate of drug-likeness (QED) is 0.396. The number of para-hydroxylation sites is 2. The summed E-state index contributed by atoms with van der Waals surface area (Å²) in [6.07, 6.45) is 1.95. The van der Waals surface area contributed by atoms with Crippen molar-refractivity contribution in [1.82, 2.24) is 0 Å². The van der Waals surface area contributed by atoms with Gasteiger partial charge in [0.25, 0.3) is 0 Å². The average Bonchev–Trinajstić information content (AvgIpc) is 2.69. The van der Waals surface area contributed by atoms with E-state index in [-0.39, 0.29) is 0 Å². The summed E-state index contributed by atoms with van der Waals surface area (Å²) in [7, 11) is 0. The summed E-state index contributed by atoms with van der Waals surface area (Å²) >= 11 is 0. The highest BCUT2D eigenvalue weighted by Crippen LogP contribution is 2.28. The maximum atomic E-state index is 4.78. The summed E-state index contributed by atoms with van der Waals surface area (Å²) in [5.41, 5.74) is 6.62. The molecule has 2 nitrogen and oxygen atoms in total. The fourth-order valence-corrected chi connectivity index (χ4v) is 3.35. The second kappa shape index (κ2) is 7.46. The van der Waals surface area contributed by atoms with Gasteiger partial charge in [-0.25, -0.2) is 0 Å². The molecule has 0 fully saturated rings. The van der Waals surface area contributed by atoms with Gasteiger partial charge in [0.2, 0.25) is 0 Å². The minimum absolute atomic E-state index is 1.04. The molecule has 1 N–H and O–H groups in total. The Hall–Kier alpha value is -3.39. The number of hydrogen-bond donors (Lipinski definition) is 1. The molecule has 27 heavy (non-hydrogen) atoms. The lowest BCUT2D eigenvalue weighted by molar-refractivity contribution is 1.33. The number of rotatable bonds is 4. The third-order valence-corrected chi connectivity index (χ3v) is 4.79. The Morgan fingerprint density at radius 3 is 2.15 bits per heavy atom. The van der Waals surface area contributed by atoms with Crippen LogP contribution in [0.4, 0.5) is 17.1 Å². The van der Waals surface area contributed by atoms with Crippen molar-refractivity contribution in [1.29, 1.82) is 0 Å². The summed E-state index contributed by atoms with van der Waals surface area (Å²) in [6, 6.07) is 29.3. The summed E-state index contributed by atoms with van der Waals surface area (Å²) in [5, 5.41) is 6.03. The van der Waals surface area contributed by atoms with Crippen LogP contribution in [0, 0.1) is 13.8 Å². The molecule has 0 aliphatic heterocycles. The fraction of sp³-hybridized carbons (Fsp3) is 0.0800. The van der Waals surface area contributed by atoms with E-state index in [1.807, 2.05) is 18.3 Å². The molecule has 0 bridgehead atoms. The van der Waals surface area contributed by atoms with E-state index in [9.17, 15) is 0 Å². The molecule has 0 aliphatic carbocycles. The third-order valence-electron chi connectivity index (χ3n) is 4.79. The second-order valence-corrected chi connectivity index (χ2v) is 6.74. The van der Waals surface area contributed by atoms with Gasteiger partial charge in [-0.3, -0.25) is 4.99 Å². The highest BCUT2D eigenvalue weighted by atomic mass is 14.9. The van der Waals surface area contributed by atoms with Crippen LogP contribution in [0.5, 0.6) is 0 Å². The first-order valence-corrected chi connectivity index (χ1v) is 9.16. The van der Waals surface area contributed by atoms with Crippen LogP contribution >= 0.6 is 0 Å². The summed E-state index contributed by atoms with van der Waals surface area (Å²) in [6.45, 7) is 4.19. The number of anilines is 2. The zero-order chi connectivity index (χ0) is 18.6. The van der Waals surface area contributed by atoms with Gasteiger partial charge in [-0.05, 0) is 42.5 Å². The lowest BCUT2D eigenvalue weighted by Crippen LogP contribution is -1.96. The Morgan fingerprint density at radius 2 is 1.30 bits per heavy atom. The standard InChI is InChI=1S/C25H22N2/c1-18-9-7-10-19(2)25(18)26-17-21-12-4-6-15-23(21)27-24-16-8-13-20-11-3-5-14-22(20)24/h3-17,27H,1-2H3. The number of nitrogens with one attached hydrogen (secondary N) is 1. The van der Waals surface area contributed by atoms with E-state index in [0.29, 0.717) is 0 Å². The van der Waals surface area contributed by atoms with Gasteiger partial charge < -0.3 is 5.32 Å². The number of nitrogens with zero attached hydrogens (tertiary/aromatic N) is 1. The third kappa shape index (κ3) is 3.61. The van der Waals surface area contributed by atoms with E-state index in [1.165, 1.54) is 21.9 Å². The molecule has 0 unspecified atom stereocenters. The van der Waals surface area contributed by atoms with Gasteiger partial charge in [-0.2, -0.15) is 0 Å². The Morgan fingerprint density at radius 1 is 0.667 bits per heavy atom. The smallest absolute Gasteiger partial charge is 0.0688 e. The zero-order valence-corrected chi connectivity index (χ0v) is 15.6. The number of aliphatic imine (C=N–C) groups is 1. The van der Waals surface area contributed by atoms with Gasteiger partial charge in [0, 0.05) is 28.5 Å². The zero-order valence-electron chi connectivity index (χ0n) is 15.6. The molecule has 0 aliphatic rings. The van der Waals surface area contributed by atoms with Crippen LogP contribution in [0.1, 0.15) is 16.7 Å². The van der Waals surface area contributed by atoms with E-state index < -0.39 is 0 Å². The molecule has 4 aromatic rings.